The first-order chi connectivity index (χ1) is 15.5. The number of aryl methyl sites for hydroxylation is 1. The number of carbonyl (C=O) groups is 2. The Balaban J connectivity index is 1.40. The van der Waals surface area contributed by atoms with Gasteiger partial charge in [0.05, 0.1) is 6.54 Å². The Morgan fingerprint density at radius 1 is 1.16 bits per heavy atom. The predicted molar refractivity (Wildman–Crippen MR) is 119 cm³/mol. The molecule has 0 unspecified atom stereocenters. The summed E-state index contributed by atoms with van der Waals surface area (Å²) >= 11 is 0. The molecule has 0 bridgehead atoms. The molecule has 3 heterocycles. The van der Waals surface area contributed by atoms with Crippen LogP contribution < -0.4 is 4.90 Å². The normalized spacial score (nSPS) is 21.3. The van der Waals surface area contributed by atoms with Crippen molar-refractivity contribution in [1.82, 2.24) is 14.9 Å². The summed E-state index contributed by atoms with van der Waals surface area (Å²) in [4.78, 5) is 39.0. The van der Waals surface area contributed by atoms with Crippen molar-refractivity contribution in [3.05, 3.63) is 52.7 Å². The largest absolute Gasteiger partial charge is 0.342 e. The van der Waals surface area contributed by atoms with Crippen LogP contribution in [-0.4, -0.2) is 39.8 Å². The van der Waals surface area contributed by atoms with Gasteiger partial charge in [0.15, 0.2) is 0 Å². The SMILES string of the molecule is Cc1nc([C@@H]2CCN(C(=O)C3CCCC3)C2)nc2c1CCC(=O)N2Cc1cccc(F)c1. The maximum absolute atomic E-state index is 13.7. The first-order valence-corrected chi connectivity index (χ1v) is 11.7. The van der Waals surface area contributed by atoms with E-state index in [2.05, 4.69) is 0 Å². The molecule has 0 N–H and O–H groups in total. The highest BCUT2D eigenvalue weighted by atomic mass is 19.1. The van der Waals surface area contributed by atoms with Crippen molar-refractivity contribution in [3.8, 4) is 0 Å². The Morgan fingerprint density at radius 2 is 1.97 bits per heavy atom. The highest BCUT2D eigenvalue weighted by Gasteiger charge is 2.35. The lowest BCUT2D eigenvalue weighted by atomic mass is 10.0. The second-order valence-electron chi connectivity index (χ2n) is 9.33. The predicted octanol–water partition coefficient (Wildman–Crippen LogP) is 3.91. The Labute approximate surface area is 187 Å². The van der Waals surface area contributed by atoms with E-state index in [0.717, 1.165) is 55.5 Å². The van der Waals surface area contributed by atoms with Crippen LogP contribution in [0.1, 0.15) is 67.1 Å². The zero-order chi connectivity index (χ0) is 22.2. The zero-order valence-corrected chi connectivity index (χ0v) is 18.5. The smallest absolute Gasteiger partial charge is 0.228 e. The molecule has 2 amide bonds. The minimum Gasteiger partial charge on any atom is -0.342 e. The molecule has 6 nitrogen and oxygen atoms in total. The van der Waals surface area contributed by atoms with Crippen LogP contribution >= 0.6 is 0 Å². The van der Waals surface area contributed by atoms with Crippen LogP contribution in [0.4, 0.5) is 10.2 Å². The standard InChI is InChI=1S/C25H29FN4O2/c1-16-21-9-10-22(31)30(14-17-5-4-8-20(26)13-17)24(21)28-23(27-16)19-11-12-29(15-19)25(32)18-6-2-3-7-18/h4-5,8,13,18-19H,2-3,6-7,9-12,14-15H2,1H3/t19-/m1/s1. The molecule has 168 valence electrons. The number of amides is 2. The van der Waals surface area contributed by atoms with Crippen molar-refractivity contribution in [2.45, 2.75) is 64.3 Å². The van der Waals surface area contributed by atoms with E-state index in [9.17, 15) is 14.0 Å². The molecule has 2 aliphatic heterocycles. The van der Waals surface area contributed by atoms with Gasteiger partial charge in [-0.15, -0.1) is 0 Å². The van der Waals surface area contributed by atoms with Crippen LogP contribution in [0.25, 0.3) is 0 Å². The van der Waals surface area contributed by atoms with Crippen molar-refractivity contribution in [2.24, 2.45) is 5.92 Å². The van der Waals surface area contributed by atoms with E-state index in [1.807, 2.05) is 17.9 Å². The molecule has 3 aliphatic rings. The molecule has 1 aromatic carbocycles. The third-order valence-electron chi connectivity index (χ3n) is 7.15. The van der Waals surface area contributed by atoms with Gasteiger partial charge >= 0.3 is 0 Å². The molecule has 7 heteroatoms. The van der Waals surface area contributed by atoms with Gasteiger partial charge in [0, 0.05) is 42.6 Å². The van der Waals surface area contributed by atoms with Crippen LogP contribution in [0.2, 0.25) is 0 Å². The van der Waals surface area contributed by atoms with Gasteiger partial charge in [-0.05, 0) is 50.3 Å². The van der Waals surface area contributed by atoms with E-state index in [1.165, 1.54) is 12.1 Å². The third-order valence-corrected chi connectivity index (χ3v) is 7.15. The quantitative estimate of drug-likeness (QED) is 0.729. The molecule has 1 aliphatic carbocycles. The highest BCUT2D eigenvalue weighted by molar-refractivity contribution is 5.95. The second kappa shape index (κ2) is 8.60. The average Bonchev–Trinajstić information content (AvgIpc) is 3.48. The average molecular weight is 437 g/mol. The first kappa shape index (κ1) is 21.0. The summed E-state index contributed by atoms with van der Waals surface area (Å²) < 4.78 is 13.7. The summed E-state index contributed by atoms with van der Waals surface area (Å²) in [7, 11) is 0. The van der Waals surface area contributed by atoms with Gasteiger partial charge < -0.3 is 4.90 Å². The van der Waals surface area contributed by atoms with Gasteiger partial charge in [0.25, 0.3) is 0 Å². The topological polar surface area (TPSA) is 66.4 Å². The molecule has 1 saturated carbocycles. The molecule has 0 spiro atoms. The number of fused-ring (bicyclic) bond motifs is 1. The molecule has 2 fully saturated rings. The maximum Gasteiger partial charge on any atom is 0.228 e. The lowest BCUT2D eigenvalue weighted by molar-refractivity contribution is -0.134. The Bertz CT molecular complexity index is 1050. The number of hydrogen-bond donors (Lipinski definition) is 0. The van der Waals surface area contributed by atoms with Gasteiger partial charge in [-0.1, -0.05) is 25.0 Å². The van der Waals surface area contributed by atoms with E-state index < -0.39 is 0 Å². The third kappa shape index (κ3) is 4.00. The number of hydrogen-bond acceptors (Lipinski definition) is 4. The molecule has 32 heavy (non-hydrogen) atoms. The number of likely N-dealkylation sites (tertiary alicyclic amines) is 1. The van der Waals surface area contributed by atoms with E-state index in [1.54, 1.807) is 11.0 Å². The fraction of sp³-hybridized carbons (Fsp3) is 0.520. The fourth-order valence-corrected chi connectivity index (χ4v) is 5.37. The number of benzene rings is 1. The van der Waals surface area contributed by atoms with Crippen molar-refractivity contribution < 1.29 is 14.0 Å². The van der Waals surface area contributed by atoms with E-state index >= 15 is 0 Å². The van der Waals surface area contributed by atoms with E-state index in [4.69, 9.17) is 9.97 Å². The number of carbonyl (C=O) groups excluding carboxylic acids is 2. The lowest BCUT2D eigenvalue weighted by Gasteiger charge is -2.30. The van der Waals surface area contributed by atoms with Crippen LogP contribution in [0.3, 0.4) is 0 Å². The highest BCUT2D eigenvalue weighted by Crippen LogP contribution is 2.34. The molecular formula is C25H29FN4O2. The van der Waals surface area contributed by atoms with Crippen molar-refractivity contribution in [2.75, 3.05) is 18.0 Å². The summed E-state index contributed by atoms with van der Waals surface area (Å²) in [6.07, 6.45) is 6.17. The van der Waals surface area contributed by atoms with Crippen molar-refractivity contribution in [3.63, 3.8) is 0 Å². The molecular weight excluding hydrogens is 407 g/mol. The zero-order valence-electron chi connectivity index (χ0n) is 18.5. The monoisotopic (exact) mass is 436 g/mol. The van der Waals surface area contributed by atoms with Gasteiger partial charge in [-0.25, -0.2) is 14.4 Å². The minimum absolute atomic E-state index is 0.00438. The first-order valence-electron chi connectivity index (χ1n) is 11.7. The van der Waals surface area contributed by atoms with Crippen molar-refractivity contribution >= 4 is 17.6 Å². The Hall–Kier alpha value is -2.83. The Morgan fingerprint density at radius 3 is 2.75 bits per heavy atom. The number of halogens is 1. The number of aromatic nitrogens is 2. The van der Waals surface area contributed by atoms with Crippen LogP contribution in [0.5, 0.6) is 0 Å². The summed E-state index contributed by atoms with van der Waals surface area (Å²) in [6.45, 7) is 3.64. The van der Waals surface area contributed by atoms with Gasteiger partial charge in [0.2, 0.25) is 11.8 Å². The van der Waals surface area contributed by atoms with E-state index in [0.29, 0.717) is 31.0 Å². The fourth-order valence-electron chi connectivity index (χ4n) is 5.37. The van der Waals surface area contributed by atoms with Crippen LogP contribution in [0.15, 0.2) is 24.3 Å². The summed E-state index contributed by atoms with van der Waals surface area (Å²) in [5, 5.41) is 0. The summed E-state index contributed by atoms with van der Waals surface area (Å²) in [5.74, 6) is 1.58. The molecule has 2 aromatic rings. The minimum atomic E-state index is -0.315. The van der Waals surface area contributed by atoms with Crippen LogP contribution in [-0.2, 0) is 22.6 Å². The molecule has 5 rings (SSSR count). The number of anilines is 1. The second-order valence-corrected chi connectivity index (χ2v) is 9.33. The van der Waals surface area contributed by atoms with Gasteiger partial charge in [-0.2, -0.15) is 0 Å². The summed E-state index contributed by atoms with van der Waals surface area (Å²) in [6, 6.07) is 6.34. The van der Waals surface area contributed by atoms with Gasteiger partial charge in [0.1, 0.15) is 17.5 Å². The molecule has 0 radical (unpaired) electrons. The number of rotatable bonds is 4. The number of nitrogens with zero attached hydrogens (tertiary/aromatic N) is 4. The van der Waals surface area contributed by atoms with E-state index in [-0.39, 0.29) is 36.0 Å². The maximum atomic E-state index is 13.7. The lowest BCUT2D eigenvalue weighted by Crippen LogP contribution is -2.36. The molecule has 1 atom stereocenters. The summed E-state index contributed by atoms with van der Waals surface area (Å²) in [5.41, 5.74) is 2.61. The van der Waals surface area contributed by atoms with Crippen molar-refractivity contribution in [1.29, 1.82) is 0 Å². The molecule has 1 saturated heterocycles. The Kier molecular flexibility index (Phi) is 5.66. The van der Waals surface area contributed by atoms with Crippen LogP contribution in [0, 0.1) is 18.7 Å². The van der Waals surface area contributed by atoms with Gasteiger partial charge in [-0.3, -0.25) is 14.5 Å². The molecule has 1 aromatic heterocycles.